The van der Waals surface area contributed by atoms with Gasteiger partial charge in [0.1, 0.15) is 0 Å². The highest BCUT2D eigenvalue weighted by molar-refractivity contribution is 5.10. The molecule has 0 aliphatic carbocycles. The molecule has 1 unspecified atom stereocenters. The summed E-state index contributed by atoms with van der Waals surface area (Å²) < 4.78 is 2.12. The molecular weight excluding hydrogens is 210 g/mol. The monoisotopic (exact) mass is 237 g/mol. The van der Waals surface area contributed by atoms with E-state index in [9.17, 15) is 0 Å². The lowest BCUT2D eigenvalue weighted by atomic mass is 9.99. The molecule has 3 nitrogen and oxygen atoms in total. The van der Waals surface area contributed by atoms with Crippen molar-refractivity contribution >= 4 is 0 Å². The smallest absolute Gasteiger partial charge is 0.0624 e. The van der Waals surface area contributed by atoms with Gasteiger partial charge in [-0.3, -0.25) is 4.68 Å². The lowest BCUT2D eigenvalue weighted by Crippen LogP contribution is -2.26. The molecule has 1 atom stereocenters. The molecule has 1 aromatic rings. The molecule has 3 heteroatoms. The second kappa shape index (κ2) is 6.80. The van der Waals surface area contributed by atoms with Crippen LogP contribution in [-0.2, 0) is 19.4 Å². The first kappa shape index (κ1) is 14.2. The third-order valence-corrected chi connectivity index (χ3v) is 3.40. The highest BCUT2D eigenvalue weighted by Gasteiger charge is 2.09. The lowest BCUT2D eigenvalue weighted by molar-refractivity contribution is 0.448. The van der Waals surface area contributed by atoms with E-state index in [0.717, 1.165) is 32.2 Å². The van der Waals surface area contributed by atoms with E-state index in [1.54, 1.807) is 0 Å². The molecule has 0 fully saturated rings. The van der Waals surface area contributed by atoms with Crippen LogP contribution < -0.4 is 5.73 Å². The molecule has 0 bridgehead atoms. The van der Waals surface area contributed by atoms with Crippen molar-refractivity contribution in [3.8, 4) is 0 Å². The molecule has 0 aromatic carbocycles. The lowest BCUT2D eigenvalue weighted by Gasteiger charge is -2.15. The van der Waals surface area contributed by atoms with Gasteiger partial charge in [-0.15, -0.1) is 0 Å². The Balaban J connectivity index is 2.48. The molecule has 0 aliphatic heterocycles. The maximum absolute atomic E-state index is 6.06. The van der Waals surface area contributed by atoms with Crippen LogP contribution in [0.5, 0.6) is 0 Å². The Morgan fingerprint density at radius 3 is 2.59 bits per heavy atom. The van der Waals surface area contributed by atoms with Gasteiger partial charge in [0.05, 0.1) is 5.69 Å². The maximum Gasteiger partial charge on any atom is 0.0624 e. The van der Waals surface area contributed by atoms with Gasteiger partial charge in [0.15, 0.2) is 0 Å². The number of nitrogens with zero attached hydrogens (tertiary/aromatic N) is 2. The number of hydrogen-bond acceptors (Lipinski definition) is 2. The SMILES string of the molecule is CCc1cc(CCCC(N)C(C)C)n(CC)n1. The van der Waals surface area contributed by atoms with Gasteiger partial charge in [-0.25, -0.2) is 0 Å². The zero-order chi connectivity index (χ0) is 12.8. The molecule has 0 saturated carbocycles. The van der Waals surface area contributed by atoms with Crippen molar-refractivity contribution in [1.29, 1.82) is 0 Å². The Hall–Kier alpha value is -0.830. The quantitative estimate of drug-likeness (QED) is 0.792. The summed E-state index contributed by atoms with van der Waals surface area (Å²) in [6.45, 7) is 9.65. The fourth-order valence-electron chi connectivity index (χ4n) is 2.01. The largest absolute Gasteiger partial charge is 0.327 e. The summed E-state index contributed by atoms with van der Waals surface area (Å²) >= 11 is 0. The van der Waals surface area contributed by atoms with Gasteiger partial charge in [0, 0.05) is 18.3 Å². The molecule has 0 radical (unpaired) electrons. The van der Waals surface area contributed by atoms with Crippen LogP contribution in [0.15, 0.2) is 6.07 Å². The van der Waals surface area contributed by atoms with E-state index in [0.29, 0.717) is 12.0 Å². The van der Waals surface area contributed by atoms with Crippen molar-refractivity contribution in [3.63, 3.8) is 0 Å². The second-order valence-electron chi connectivity index (χ2n) is 5.10. The van der Waals surface area contributed by atoms with Crippen molar-refractivity contribution < 1.29 is 0 Å². The van der Waals surface area contributed by atoms with Crippen molar-refractivity contribution in [2.24, 2.45) is 11.7 Å². The summed E-state index contributed by atoms with van der Waals surface area (Å²) in [7, 11) is 0. The maximum atomic E-state index is 6.06. The Morgan fingerprint density at radius 1 is 1.35 bits per heavy atom. The highest BCUT2D eigenvalue weighted by atomic mass is 15.3. The topological polar surface area (TPSA) is 43.8 Å². The molecule has 1 heterocycles. The van der Waals surface area contributed by atoms with Gasteiger partial charge in [-0.05, 0) is 44.6 Å². The van der Waals surface area contributed by atoms with E-state index in [1.165, 1.54) is 11.4 Å². The summed E-state index contributed by atoms with van der Waals surface area (Å²) in [5.74, 6) is 0.581. The Labute approximate surface area is 105 Å². The molecular formula is C14H27N3. The average Bonchev–Trinajstić information content (AvgIpc) is 2.71. The van der Waals surface area contributed by atoms with Gasteiger partial charge in [0.2, 0.25) is 0 Å². The number of nitrogens with two attached hydrogens (primary N) is 1. The van der Waals surface area contributed by atoms with Gasteiger partial charge >= 0.3 is 0 Å². The normalized spacial score (nSPS) is 13.3. The first-order chi connectivity index (χ1) is 8.08. The third-order valence-electron chi connectivity index (χ3n) is 3.40. The van der Waals surface area contributed by atoms with Crippen molar-refractivity contribution in [2.75, 3.05) is 0 Å². The van der Waals surface area contributed by atoms with E-state index in [1.807, 2.05) is 0 Å². The fraction of sp³-hybridized carbons (Fsp3) is 0.786. The van der Waals surface area contributed by atoms with E-state index < -0.39 is 0 Å². The van der Waals surface area contributed by atoms with Crippen LogP contribution in [0.2, 0.25) is 0 Å². The van der Waals surface area contributed by atoms with Crippen molar-refractivity contribution in [1.82, 2.24) is 9.78 Å². The Bertz CT molecular complexity index is 328. The molecule has 1 aromatic heterocycles. The van der Waals surface area contributed by atoms with E-state index in [4.69, 9.17) is 5.73 Å². The van der Waals surface area contributed by atoms with E-state index in [-0.39, 0.29) is 0 Å². The second-order valence-corrected chi connectivity index (χ2v) is 5.10. The number of aromatic nitrogens is 2. The van der Waals surface area contributed by atoms with Crippen LogP contribution in [0.1, 0.15) is 51.9 Å². The highest BCUT2D eigenvalue weighted by Crippen LogP contribution is 2.12. The summed E-state index contributed by atoms with van der Waals surface area (Å²) in [5, 5.41) is 4.57. The zero-order valence-corrected chi connectivity index (χ0v) is 11.7. The molecule has 0 saturated heterocycles. The third kappa shape index (κ3) is 4.15. The number of aryl methyl sites for hydroxylation is 3. The van der Waals surface area contributed by atoms with Crippen LogP contribution in [0, 0.1) is 5.92 Å². The minimum absolute atomic E-state index is 0.332. The summed E-state index contributed by atoms with van der Waals surface area (Å²) in [5.41, 5.74) is 8.63. The van der Waals surface area contributed by atoms with Crippen LogP contribution >= 0.6 is 0 Å². The van der Waals surface area contributed by atoms with Gasteiger partial charge < -0.3 is 5.73 Å². The standard InChI is InChI=1S/C14H27N3/c1-5-12-10-13(17(6-2)16-12)8-7-9-14(15)11(3)4/h10-11,14H,5-9,15H2,1-4H3. The van der Waals surface area contributed by atoms with Crippen LogP contribution in [0.4, 0.5) is 0 Å². The molecule has 0 amide bonds. The number of rotatable bonds is 7. The Morgan fingerprint density at radius 2 is 2.06 bits per heavy atom. The Kier molecular flexibility index (Phi) is 5.69. The molecule has 0 spiro atoms. The molecule has 1 rings (SSSR count). The van der Waals surface area contributed by atoms with Gasteiger partial charge in [-0.2, -0.15) is 5.10 Å². The summed E-state index contributed by atoms with van der Waals surface area (Å²) in [6, 6.07) is 2.57. The minimum Gasteiger partial charge on any atom is -0.327 e. The van der Waals surface area contributed by atoms with Crippen molar-refractivity contribution in [2.45, 2.75) is 66.0 Å². The molecule has 98 valence electrons. The first-order valence-corrected chi connectivity index (χ1v) is 6.89. The van der Waals surface area contributed by atoms with E-state index in [2.05, 4.69) is 43.5 Å². The number of hydrogen-bond donors (Lipinski definition) is 1. The fourth-order valence-corrected chi connectivity index (χ4v) is 2.01. The predicted octanol–water partition coefficient (Wildman–Crippen LogP) is 2.77. The summed E-state index contributed by atoms with van der Waals surface area (Å²) in [4.78, 5) is 0. The molecule has 17 heavy (non-hydrogen) atoms. The van der Waals surface area contributed by atoms with Crippen molar-refractivity contribution in [3.05, 3.63) is 17.5 Å². The predicted molar refractivity (Wildman–Crippen MR) is 73.0 cm³/mol. The summed E-state index contributed by atoms with van der Waals surface area (Å²) in [6.07, 6.45) is 4.38. The van der Waals surface area contributed by atoms with E-state index >= 15 is 0 Å². The zero-order valence-electron chi connectivity index (χ0n) is 11.7. The van der Waals surface area contributed by atoms with Crippen LogP contribution in [0.25, 0.3) is 0 Å². The van der Waals surface area contributed by atoms with Gasteiger partial charge in [-0.1, -0.05) is 20.8 Å². The molecule has 0 aliphatic rings. The van der Waals surface area contributed by atoms with Crippen LogP contribution in [-0.4, -0.2) is 15.8 Å². The average molecular weight is 237 g/mol. The van der Waals surface area contributed by atoms with Crippen LogP contribution in [0.3, 0.4) is 0 Å². The molecule has 2 N–H and O–H groups in total. The van der Waals surface area contributed by atoms with Gasteiger partial charge in [0.25, 0.3) is 0 Å². The minimum atomic E-state index is 0.332. The first-order valence-electron chi connectivity index (χ1n) is 6.89.